The van der Waals surface area contributed by atoms with E-state index in [0.29, 0.717) is 0 Å². The first-order valence-corrected chi connectivity index (χ1v) is 16.8. The average molecular weight is 801 g/mol. The monoisotopic (exact) mass is 800 g/mol. The highest BCUT2D eigenvalue weighted by Crippen LogP contribution is 2.73. The number of hydrogen-bond donors (Lipinski definition) is 18. The number of nitrogens with one attached hydrogen (secondary N) is 4. The molecule has 2 aliphatic carbocycles. The van der Waals surface area contributed by atoms with Crippen LogP contribution in [-0.2, 0) is 28.8 Å². The lowest BCUT2D eigenvalue weighted by Crippen LogP contribution is -2.72. The lowest BCUT2D eigenvalue weighted by molar-refractivity contribution is -0.176. The van der Waals surface area contributed by atoms with Crippen LogP contribution < -0.4 is 21.3 Å². The van der Waals surface area contributed by atoms with E-state index in [-0.39, 0.29) is 0 Å². The van der Waals surface area contributed by atoms with Gasteiger partial charge in [0.1, 0.15) is 22.2 Å². The largest absolute Gasteiger partial charge is 0.480 e. The molecule has 0 atom stereocenters. The van der Waals surface area contributed by atoms with E-state index in [9.17, 15) is 100 Å². The number of aliphatic hydroxyl groups is 12. The molecule has 0 heterocycles. The van der Waals surface area contributed by atoms with E-state index in [1.807, 2.05) is 21.3 Å². The SMILES string of the molecule is O=C(O)C(C(=O)NC(CO)(CO)CO)(C(=O)NC(CO)(CO)CO)C12CCC(C(C(=O)O)(C(=O)NC(CO)(CO)CO)C(=O)NC(CO)(CO)CO)(CC1)C2. The molecule has 2 fully saturated rings. The molecule has 0 aromatic rings. The standard InChI is InChI=1S/C31H52N4O20/c36-6-26(7-37,8-38)32-18(48)30(22(52)53,19(49)33-27(9-39,10-40)11-41)24-1-2-25(5-24,4-3-24)31(23(54)55,20(50)34-28(12-42,13-43)14-44)21(51)35-29(15-45,16-46)17-47/h36-47H,1-17H2,(H,32,48)(H,33,49)(H,34,50)(H,35,51)(H,52,53)(H,54,55). The minimum absolute atomic E-state index is 0.708. The highest BCUT2D eigenvalue weighted by atomic mass is 16.4. The van der Waals surface area contributed by atoms with Gasteiger partial charge in [-0.3, -0.25) is 28.8 Å². The highest BCUT2D eigenvalue weighted by molar-refractivity contribution is 6.23. The average Bonchev–Trinajstić information content (AvgIpc) is 3.76. The Hall–Kier alpha value is -3.66. The first-order valence-electron chi connectivity index (χ1n) is 16.8. The lowest BCUT2D eigenvalue weighted by atomic mass is 9.59. The molecule has 0 aromatic heterocycles. The Bertz CT molecular complexity index is 1210. The van der Waals surface area contributed by atoms with Crippen LogP contribution in [0, 0.1) is 21.7 Å². The Kier molecular flexibility index (Phi) is 15.2. The quantitative estimate of drug-likeness (QED) is 0.0403. The van der Waals surface area contributed by atoms with E-state index >= 15 is 0 Å². The van der Waals surface area contributed by atoms with Crippen LogP contribution >= 0.6 is 0 Å². The maximum Gasteiger partial charge on any atom is 0.329 e. The van der Waals surface area contributed by atoms with Crippen molar-refractivity contribution < 1.29 is 100 Å². The molecule has 2 rings (SSSR count). The van der Waals surface area contributed by atoms with E-state index in [2.05, 4.69) is 0 Å². The van der Waals surface area contributed by atoms with Crippen LogP contribution in [0.4, 0.5) is 0 Å². The molecule has 316 valence electrons. The molecule has 24 heteroatoms. The van der Waals surface area contributed by atoms with Crippen molar-refractivity contribution in [2.24, 2.45) is 21.7 Å². The number of carboxylic acids is 2. The number of hydrogen-bond acceptors (Lipinski definition) is 18. The van der Waals surface area contributed by atoms with E-state index in [1.165, 1.54) is 0 Å². The Balaban J connectivity index is 3.09. The summed E-state index contributed by atoms with van der Waals surface area (Å²) in [6.45, 7) is -15.0. The number of amides is 4. The minimum atomic E-state index is -3.59. The number of carbonyl (C=O) groups is 6. The van der Waals surface area contributed by atoms with Gasteiger partial charge < -0.3 is 92.8 Å². The summed E-state index contributed by atoms with van der Waals surface area (Å²) in [4.78, 5) is 84.8. The summed E-state index contributed by atoms with van der Waals surface area (Å²) in [5.41, 5.74) is -21.6. The van der Waals surface area contributed by atoms with Crippen LogP contribution in [0.2, 0.25) is 0 Å². The zero-order chi connectivity index (χ0) is 42.3. The van der Waals surface area contributed by atoms with Gasteiger partial charge in [0.25, 0.3) is 0 Å². The molecular formula is C31H52N4O20. The summed E-state index contributed by atoms with van der Waals surface area (Å²) < 4.78 is 0. The van der Waals surface area contributed by atoms with Gasteiger partial charge >= 0.3 is 11.9 Å². The molecule has 0 aromatic carbocycles. The highest BCUT2D eigenvalue weighted by Gasteiger charge is 2.80. The van der Waals surface area contributed by atoms with Crippen LogP contribution in [0.5, 0.6) is 0 Å². The minimum Gasteiger partial charge on any atom is -0.480 e. The predicted octanol–water partition coefficient (Wildman–Crippen LogP) is -9.59. The summed E-state index contributed by atoms with van der Waals surface area (Å²) in [7, 11) is 0. The molecule has 4 amide bonds. The van der Waals surface area contributed by atoms with Crippen molar-refractivity contribution in [3.8, 4) is 0 Å². The maximum atomic E-state index is 14.4. The summed E-state index contributed by atoms with van der Waals surface area (Å²) >= 11 is 0. The molecule has 0 spiro atoms. The molecule has 2 aliphatic rings. The zero-order valence-corrected chi connectivity index (χ0v) is 29.7. The molecule has 0 unspecified atom stereocenters. The van der Waals surface area contributed by atoms with Crippen LogP contribution in [0.3, 0.4) is 0 Å². The van der Waals surface area contributed by atoms with Crippen molar-refractivity contribution >= 4 is 35.6 Å². The van der Waals surface area contributed by atoms with Crippen molar-refractivity contribution in [3.05, 3.63) is 0 Å². The number of fused-ring (bicyclic) bond motifs is 2. The summed E-state index contributed by atoms with van der Waals surface area (Å²) in [5, 5.41) is 149. The van der Waals surface area contributed by atoms with Gasteiger partial charge in [0.2, 0.25) is 34.5 Å². The van der Waals surface area contributed by atoms with Crippen LogP contribution in [0.15, 0.2) is 0 Å². The third-order valence-corrected chi connectivity index (χ3v) is 11.6. The van der Waals surface area contributed by atoms with Crippen molar-refractivity contribution in [2.75, 3.05) is 79.3 Å². The normalized spacial score (nSPS) is 20.5. The fourth-order valence-corrected chi connectivity index (χ4v) is 7.65. The Morgan fingerprint density at radius 3 is 0.655 bits per heavy atom. The van der Waals surface area contributed by atoms with Crippen molar-refractivity contribution in [2.45, 2.75) is 54.3 Å². The number of carboxylic acid groups (broad SMARTS) is 2. The van der Waals surface area contributed by atoms with E-state index in [4.69, 9.17) is 0 Å². The van der Waals surface area contributed by atoms with E-state index in [1.54, 1.807) is 0 Å². The van der Waals surface area contributed by atoms with Crippen LogP contribution in [0.25, 0.3) is 0 Å². The van der Waals surface area contributed by atoms with E-state index in [0.717, 1.165) is 0 Å². The van der Waals surface area contributed by atoms with Gasteiger partial charge in [-0.2, -0.15) is 0 Å². The maximum absolute atomic E-state index is 14.4. The van der Waals surface area contributed by atoms with Gasteiger partial charge in [-0.25, -0.2) is 0 Å². The zero-order valence-electron chi connectivity index (χ0n) is 29.7. The van der Waals surface area contributed by atoms with Gasteiger partial charge in [-0.15, -0.1) is 0 Å². The second-order valence-corrected chi connectivity index (χ2v) is 14.7. The fourth-order valence-electron chi connectivity index (χ4n) is 7.65. The topological polar surface area (TPSA) is 434 Å². The molecule has 2 saturated carbocycles. The summed E-state index contributed by atoms with van der Waals surface area (Å²) in [6.07, 6.45) is -3.87. The second-order valence-electron chi connectivity index (χ2n) is 14.7. The molecule has 2 bridgehead atoms. The van der Waals surface area contributed by atoms with Crippen LogP contribution in [0.1, 0.15) is 32.1 Å². The fraction of sp³-hybridized carbons (Fsp3) is 0.806. The van der Waals surface area contributed by atoms with Crippen molar-refractivity contribution in [1.29, 1.82) is 0 Å². The van der Waals surface area contributed by atoms with Gasteiger partial charge in [0.15, 0.2) is 0 Å². The first kappa shape index (κ1) is 47.5. The number of carbonyl (C=O) groups excluding carboxylic acids is 4. The second kappa shape index (κ2) is 17.6. The number of aliphatic carboxylic acids is 2. The van der Waals surface area contributed by atoms with Gasteiger partial charge in [0, 0.05) is 10.8 Å². The van der Waals surface area contributed by atoms with Gasteiger partial charge in [-0.1, -0.05) is 0 Å². The molecule has 24 nitrogen and oxygen atoms in total. The first-order chi connectivity index (χ1) is 25.7. The summed E-state index contributed by atoms with van der Waals surface area (Å²) in [5.74, 6) is -12.0. The Morgan fingerprint density at radius 2 is 0.527 bits per heavy atom. The molecule has 18 N–H and O–H groups in total. The Morgan fingerprint density at radius 1 is 0.364 bits per heavy atom. The molecule has 55 heavy (non-hydrogen) atoms. The molecule has 0 radical (unpaired) electrons. The molecule has 0 aliphatic heterocycles. The van der Waals surface area contributed by atoms with Gasteiger partial charge in [-0.05, 0) is 32.1 Å². The third-order valence-electron chi connectivity index (χ3n) is 11.6. The number of rotatable bonds is 24. The molecular weight excluding hydrogens is 748 g/mol. The van der Waals surface area contributed by atoms with Gasteiger partial charge in [0.05, 0.1) is 79.3 Å². The van der Waals surface area contributed by atoms with Crippen LogP contribution in [-0.4, -0.2) is 208 Å². The predicted molar refractivity (Wildman–Crippen MR) is 177 cm³/mol. The lowest BCUT2D eigenvalue weighted by Gasteiger charge is -2.45. The smallest absolute Gasteiger partial charge is 0.329 e. The van der Waals surface area contributed by atoms with E-state index < -0.39 is 191 Å². The third kappa shape index (κ3) is 7.37. The number of aliphatic hydroxyl groups excluding tert-OH is 12. The Labute approximate surface area is 312 Å². The van der Waals surface area contributed by atoms with Crippen molar-refractivity contribution in [1.82, 2.24) is 21.3 Å². The summed E-state index contributed by atoms with van der Waals surface area (Å²) in [6, 6.07) is 0. The van der Waals surface area contributed by atoms with Crippen molar-refractivity contribution in [3.63, 3.8) is 0 Å². The molecule has 0 saturated heterocycles.